The van der Waals surface area contributed by atoms with Gasteiger partial charge < -0.3 is 30.7 Å². The minimum absolute atomic E-state index is 0.0166. The summed E-state index contributed by atoms with van der Waals surface area (Å²) in [5.74, 6) is -2.03. The molecule has 0 spiro atoms. The second-order valence-electron chi connectivity index (χ2n) is 9.33. The predicted molar refractivity (Wildman–Crippen MR) is 136 cm³/mol. The summed E-state index contributed by atoms with van der Waals surface area (Å²) < 4.78 is 10.6. The molecule has 2 rings (SSSR count). The van der Waals surface area contributed by atoms with Crippen LogP contribution in [0.3, 0.4) is 0 Å². The average molecular weight is 525 g/mol. The second kappa shape index (κ2) is 12.9. The van der Waals surface area contributed by atoms with E-state index in [9.17, 15) is 19.2 Å². The van der Waals surface area contributed by atoms with Gasteiger partial charge in [0.05, 0.1) is 17.1 Å². The molecular formula is C25H37ClN4O6. The van der Waals surface area contributed by atoms with E-state index in [1.807, 2.05) is 13.8 Å². The first-order chi connectivity index (χ1) is 16.9. The highest BCUT2D eigenvalue weighted by Crippen LogP contribution is 2.22. The van der Waals surface area contributed by atoms with Crippen molar-refractivity contribution < 1.29 is 28.7 Å². The molecule has 0 aromatic heterocycles. The number of nitrogen functional groups attached to an aromatic ring is 1. The van der Waals surface area contributed by atoms with Crippen molar-refractivity contribution in [1.29, 1.82) is 0 Å². The summed E-state index contributed by atoms with van der Waals surface area (Å²) >= 11 is 6.05. The number of halogens is 1. The normalized spacial score (nSPS) is 19.1. The molecule has 1 heterocycles. The van der Waals surface area contributed by atoms with E-state index in [2.05, 4.69) is 10.6 Å². The quantitative estimate of drug-likeness (QED) is 0.298. The molecule has 1 aromatic rings. The van der Waals surface area contributed by atoms with Crippen LogP contribution in [0.15, 0.2) is 18.2 Å². The molecule has 10 nitrogen and oxygen atoms in total. The van der Waals surface area contributed by atoms with Gasteiger partial charge in [0.2, 0.25) is 18.1 Å². The third-order valence-corrected chi connectivity index (χ3v) is 6.27. The average Bonchev–Trinajstić information content (AvgIpc) is 3.14. The van der Waals surface area contributed by atoms with Crippen molar-refractivity contribution in [3.05, 3.63) is 28.8 Å². The topological polar surface area (TPSA) is 140 Å². The molecule has 0 unspecified atom stereocenters. The summed E-state index contributed by atoms with van der Waals surface area (Å²) in [4.78, 5) is 53.2. The number of amides is 3. The number of cyclic esters (lactones) is 1. The molecule has 1 aromatic carbocycles. The number of nitrogens with zero attached hydrogens (tertiary/aromatic N) is 1. The molecule has 4 N–H and O–H groups in total. The summed E-state index contributed by atoms with van der Waals surface area (Å²) in [6.07, 6.45) is -0.568. The van der Waals surface area contributed by atoms with Crippen molar-refractivity contribution in [3.8, 4) is 0 Å². The number of carbonyl (C=O) groups is 4. The lowest BCUT2D eigenvalue weighted by Gasteiger charge is -2.38. The lowest BCUT2D eigenvalue weighted by atomic mass is 9.99. The van der Waals surface area contributed by atoms with Crippen LogP contribution in [0, 0.1) is 5.92 Å². The van der Waals surface area contributed by atoms with E-state index in [0.29, 0.717) is 18.7 Å². The lowest BCUT2D eigenvalue weighted by molar-refractivity contribution is -0.164. The zero-order chi connectivity index (χ0) is 27.2. The maximum Gasteiger partial charge on any atom is 0.310 e. The van der Waals surface area contributed by atoms with Gasteiger partial charge in [-0.25, -0.2) is 0 Å². The van der Waals surface area contributed by atoms with Crippen LogP contribution in [-0.4, -0.2) is 65.7 Å². The summed E-state index contributed by atoms with van der Waals surface area (Å²) in [5.41, 5.74) is 6.34. The molecule has 3 amide bonds. The standard InChI is InChI=1S/C25H37ClN4O6/c1-7-19(23(33)28-18-12-20(31)36-25(18)35-8-2)30(14(5)6)24(34)21(13(3)4)29-22(32)15-9-10-17(27)16(26)11-15/h9-11,13-14,18-19,21,25H,7-8,12,27H2,1-6H3,(H,28,33)(H,29,32)/t18-,19-,21-,25+/m0/s1. The Labute approximate surface area is 217 Å². The molecule has 0 radical (unpaired) electrons. The highest BCUT2D eigenvalue weighted by Gasteiger charge is 2.41. The van der Waals surface area contributed by atoms with E-state index in [1.165, 1.54) is 23.1 Å². The summed E-state index contributed by atoms with van der Waals surface area (Å²) in [7, 11) is 0. The predicted octanol–water partition coefficient (Wildman–Crippen LogP) is 2.49. The number of anilines is 1. The highest BCUT2D eigenvalue weighted by atomic mass is 35.5. The largest absolute Gasteiger partial charge is 0.433 e. The van der Waals surface area contributed by atoms with Gasteiger partial charge in [0.15, 0.2) is 0 Å². The van der Waals surface area contributed by atoms with E-state index in [4.69, 9.17) is 26.8 Å². The molecule has 1 aliphatic rings. The number of hydrogen-bond donors (Lipinski definition) is 3. The maximum absolute atomic E-state index is 13.8. The van der Waals surface area contributed by atoms with Crippen molar-refractivity contribution in [2.24, 2.45) is 5.92 Å². The Bertz CT molecular complexity index is 970. The third kappa shape index (κ3) is 7.10. The Morgan fingerprint density at radius 2 is 1.89 bits per heavy atom. The van der Waals surface area contributed by atoms with Crippen molar-refractivity contribution >= 4 is 41.0 Å². The molecule has 0 bridgehead atoms. The van der Waals surface area contributed by atoms with Gasteiger partial charge in [0.1, 0.15) is 18.1 Å². The van der Waals surface area contributed by atoms with E-state index >= 15 is 0 Å². The number of carbonyl (C=O) groups excluding carboxylic acids is 4. The van der Waals surface area contributed by atoms with Gasteiger partial charge in [-0.1, -0.05) is 32.4 Å². The third-order valence-electron chi connectivity index (χ3n) is 5.94. The van der Waals surface area contributed by atoms with Crippen LogP contribution in [0.25, 0.3) is 0 Å². The number of esters is 1. The summed E-state index contributed by atoms with van der Waals surface area (Å²) in [5, 5.41) is 5.84. The van der Waals surface area contributed by atoms with Crippen LogP contribution >= 0.6 is 11.6 Å². The van der Waals surface area contributed by atoms with Gasteiger partial charge in [-0.05, 0) is 51.3 Å². The molecule has 1 saturated heterocycles. The van der Waals surface area contributed by atoms with Crippen LogP contribution in [0.1, 0.15) is 64.7 Å². The van der Waals surface area contributed by atoms with Gasteiger partial charge in [0.25, 0.3) is 5.91 Å². The van der Waals surface area contributed by atoms with Crippen LogP contribution in [-0.2, 0) is 23.9 Å². The number of benzene rings is 1. The van der Waals surface area contributed by atoms with E-state index in [-0.39, 0.29) is 29.0 Å². The molecule has 1 fully saturated rings. The van der Waals surface area contributed by atoms with Crippen molar-refractivity contribution in [2.45, 2.75) is 84.8 Å². The van der Waals surface area contributed by atoms with Crippen molar-refractivity contribution in [2.75, 3.05) is 12.3 Å². The van der Waals surface area contributed by atoms with Crippen LogP contribution in [0.4, 0.5) is 5.69 Å². The van der Waals surface area contributed by atoms with Gasteiger partial charge in [0, 0.05) is 18.2 Å². The highest BCUT2D eigenvalue weighted by molar-refractivity contribution is 6.33. The monoisotopic (exact) mass is 524 g/mol. The van der Waals surface area contributed by atoms with E-state index in [1.54, 1.807) is 27.7 Å². The molecule has 0 aliphatic carbocycles. The molecular weight excluding hydrogens is 488 g/mol. The Hall–Kier alpha value is -2.85. The lowest BCUT2D eigenvalue weighted by Crippen LogP contribution is -2.60. The van der Waals surface area contributed by atoms with E-state index in [0.717, 1.165) is 0 Å². The minimum atomic E-state index is -0.898. The Morgan fingerprint density at radius 1 is 1.22 bits per heavy atom. The van der Waals surface area contributed by atoms with Crippen molar-refractivity contribution in [1.82, 2.24) is 15.5 Å². The number of nitrogens with one attached hydrogen (secondary N) is 2. The van der Waals surface area contributed by atoms with Gasteiger partial charge in [-0.15, -0.1) is 0 Å². The summed E-state index contributed by atoms with van der Waals surface area (Å²) in [6.45, 7) is 11.1. The first kappa shape index (κ1) is 29.4. The molecule has 200 valence electrons. The number of hydrogen-bond acceptors (Lipinski definition) is 7. The van der Waals surface area contributed by atoms with Crippen molar-refractivity contribution in [3.63, 3.8) is 0 Å². The van der Waals surface area contributed by atoms with E-state index < -0.39 is 48.1 Å². The first-order valence-electron chi connectivity index (χ1n) is 12.2. The maximum atomic E-state index is 13.8. The Morgan fingerprint density at radius 3 is 2.42 bits per heavy atom. The fourth-order valence-electron chi connectivity index (χ4n) is 4.09. The number of nitrogens with two attached hydrogens (primary N) is 1. The zero-order valence-corrected chi connectivity index (χ0v) is 22.4. The fourth-order valence-corrected chi connectivity index (χ4v) is 4.27. The number of ether oxygens (including phenoxy) is 2. The SMILES string of the molecule is CCO[C@@H]1OC(=O)C[C@@H]1NC(=O)[C@H](CC)N(C(=O)[C@@H](NC(=O)c1ccc(N)c(Cl)c1)C(C)C)C(C)C. The molecule has 36 heavy (non-hydrogen) atoms. The van der Waals surface area contributed by atoms with Gasteiger partial charge in [-0.2, -0.15) is 0 Å². The van der Waals surface area contributed by atoms with Gasteiger partial charge in [-0.3, -0.25) is 19.2 Å². The Balaban J connectivity index is 2.25. The fraction of sp³-hybridized carbons (Fsp3) is 0.600. The number of rotatable bonds is 11. The molecule has 1 aliphatic heterocycles. The zero-order valence-electron chi connectivity index (χ0n) is 21.7. The summed E-state index contributed by atoms with van der Waals surface area (Å²) in [6, 6.07) is 1.76. The molecule has 11 heteroatoms. The van der Waals surface area contributed by atoms with Crippen LogP contribution in [0.2, 0.25) is 5.02 Å². The molecule has 4 atom stereocenters. The minimum Gasteiger partial charge on any atom is -0.433 e. The second-order valence-corrected chi connectivity index (χ2v) is 9.73. The smallest absolute Gasteiger partial charge is 0.310 e. The molecule has 0 saturated carbocycles. The Kier molecular flexibility index (Phi) is 10.5. The van der Waals surface area contributed by atoms with Crippen LogP contribution in [0.5, 0.6) is 0 Å². The van der Waals surface area contributed by atoms with Crippen LogP contribution < -0.4 is 16.4 Å². The van der Waals surface area contributed by atoms with Gasteiger partial charge >= 0.3 is 5.97 Å². The first-order valence-corrected chi connectivity index (χ1v) is 12.6.